The van der Waals surface area contributed by atoms with Crippen molar-refractivity contribution in [3.8, 4) is 23.0 Å². The molecule has 12 heteroatoms. The van der Waals surface area contributed by atoms with Crippen LogP contribution in [0.25, 0.3) is 12.2 Å². The Morgan fingerprint density at radius 2 is 1.16 bits per heavy atom. The molecule has 0 amide bonds. The summed E-state index contributed by atoms with van der Waals surface area (Å²) in [6, 6.07) is 7.49. The average Bonchev–Trinajstić information content (AvgIpc) is 2.83. The number of phenolic OH excluding ortho intramolecular Hbond substituents is 4. The molecule has 0 radical (unpaired) electrons. The van der Waals surface area contributed by atoms with Gasteiger partial charge in [0.15, 0.2) is 28.6 Å². The number of phenols is 4. The SMILES string of the molecule is O=C(/C=C/c1ccc(O)c(O)c1)OC1CC(O)(C(=O)O)CC(OC(=O)/C=C/c2ccc(O)c(O)c2)C1O. The molecular weight excluding hydrogens is 492 g/mol. The Hall–Kier alpha value is -4.55. The zero-order valence-electron chi connectivity index (χ0n) is 19.1. The molecule has 196 valence electrons. The van der Waals surface area contributed by atoms with E-state index < -0.39 is 66.2 Å². The number of esters is 2. The minimum atomic E-state index is -2.48. The average molecular weight is 516 g/mol. The van der Waals surface area contributed by atoms with E-state index in [1.54, 1.807) is 0 Å². The molecule has 2 atom stereocenters. The molecule has 7 N–H and O–H groups in total. The lowest BCUT2D eigenvalue weighted by Crippen LogP contribution is -2.58. The summed E-state index contributed by atoms with van der Waals surface area (Å²) in [6.45, 7) is 0. The smallest absolute Gasteiger partial charge is 0.335 e. The molecule has 12 nitrogen and oxygen atoms in total. The maximum absolute atomic E-state index is 12.3. The highest BCUT2D eigenvalue weighted by Gasteiger charge is 2.52. The molecule has 37 heavy (non-hydrogen) atoms. The molecular formula is C25H24O12. The monoisotopic (exact) mass is 516 g/mol. The normalized spacial score (nSPS) is 23.7. The lowest BCUT2D eigenvalue weighted by atomic mass is 9.79. The maximum atomic E-state index is 12.3. The molecule has 1 saturated carbocycles. The highest BCUT2D eigenvalue weighted by Crippen LogP contribution is 2.33. The van der Waals surface area contributed by atoms with Crippen molar-refractivity contribution in [2.24, 2.45) is 0 Å². The van der Waals surface area contributed by atoms with Gasteiger partial charge in [-0.25, -0.2) is 14.4 Å². The van der Waals surface area contributed by atoms with Crippen molar-refractivity contribution < 1.29 is 59.6 Å². The van der Waals surface area contributed by atoms with E-state index in [1.165, 1.54) is 48.6 Å². The molecule has 0 aliphatic heterocycles. The van der Waals surface area contributed by atoms with Gasteiger partial charge in [-0.2, -0.15) is 0 Å². The van der Waals surface area contributed by atoms with Gasteiger partial charge in [-0.3, -0.25) is 0 Å². The van der Waals surface area contributed by atoms with E-state index in [0.717, 1.165) is 12.2 Å². The Labute approximate surface area is 209 Å². The predicted molar refractivity (Wildman–Crippen MR) is 125 cm³/mol. The van der Waals surface area contributed by atoms with E-state index >= 15 is 0 Å². The van der Waals surface area contributed by atoms with Crippen molar-refractivity contribution in [3.63, 3.8) is 0 Å². The van der Waals surface area contributed by atoms with E-state index in [0.29, 0.717) is 11.1 Å². The van der Waals surface area contributed by atoms with Gasteiger partial charge in [-0.15, -0.1) is 0 Å². The van der Waals surface area contributed by atoms with Crippen molar-refractivity contribution in [1.82, 2.24) is 0 Å². The number of rotatable bonds is 7. The van der Waals surface area contributed by atoms with E-state index in [1.807, 2.05) is 0 Å². The zero-order valence-corrected chi connectivity index (χ0v) is 19.1. The van der Waals surface area contributed by atoms with Crippen molar-refractivity contribution in [2.75, 3.05) is 0 Å². The van der Waals surface area contributed by atoms with Crippen molar-refractivity contribution in [2.45, 2.75) is 36.8 Å². The fraction of sp³-hybridized carbons (Fsp3) is 0.240. The number of carbonyl (C=O) groups excluding carboxylic acids is 2. The van der Waals surface area contributed by atoms with Gasteiger partial charge in [0.2, 0.25) is 0 Å². The Morgan fingerprint density at radius 3 is 1.51 bits per heavy atom. The van der Waals surface area contributed by atoms with Crippen LogP contribution in [0.5, 0.6) is 23.0 Å². The van der Waals surface area contributed by atoms with E-state index in [-0.39, 0.29) is 11.5 Å². The number of ether oxygens (including phenoxy) is 2. The number of hydrogen-bond acceptors (Lipinski definition) is 11. The van der Waals surface area contributed by atoms with Crippen LogP contribution in [0, 0.1) is 0 Å². The molecule has 1 fully saturated rings. The van der Waals surface area contributed by atoms with Gasteiger partial charge in [0.05, 0.1) is 0 Å². The largest absolute Gasteiger partial charge is 0.504 e. The maximum Gasteiger partial charge on any atom is 0.335 e. The fourth-order valence-electron chi connectivity index (χ4n) is 3.62. The van der Waals surface area contributed by atoms with Gasteiger partial charge in [-0.1, -0.05) is 12.1 Å². The standard InChI is InChI=1S/C25H24O12/c26-15-5-1-13(9-17(15)28)3-7-21(30)36-19-11-25(35,24(33)34)12-20(23(19)32)37-22(31)8-4-14-2-6-16(27)18(29)10-14/h1-10,19-20,23,26-29,32,35H,11-12H2,(H,33,34)/b7-3+,8-4+. The highest BCUT2D eigenvalue weighted by molar-refractivity contribution is 5.88. The van der Waals surface area contributed by atoms with E-state index in [2.05, 4.69) is 0 Å². The molecule has 3 rings (SSSR count). The number of aliphatic hydroxyl groups is 2. The first-order chi connectivity index (χ1) is 17.4. The second kappa shape index (κ2) is 11.0. The third-order valence-corrected chi connectivity index (χ3v) is 5.60. The molecule has 0 saturated heterocycles. The number of carboxylic acids is 1. The summed E-state index contributed by atoms with van der Waals surface area (Å²) < 4.78 is 10.2. The number of aromatic hydroxyl groups is 4. The van der Waals surface area contributed by atoms with Crippen LogP contribution in [-0.2, 0) is 23.9 Å². The Morgan fingerprint density at radius 1 is 0.757 bits per heavy atom. The number of aliphatic carboxylic acids is 1. The van der Waals surface area contributed by atoms with Crippen LogP contribution < -0.4 is 0 Å². The van der Waals surface area contributed by atoms with Crippen LogP contribution in [-0.4, -0.2) is 77.6 Å². The Bertz CT molecular complexity index is 1160. The summed E-state index contributed by atoms with van der Waals surface area (Å²) >= 11 is 0. The summed E-state index contributed by atoms with van der Waals surface area (Å²) in [5.41, 5.74) is -1.84. The minimum absolute atomic E-state index is 0.319. The molecule has 2 unspecified atom stereocenters. The van der Waals surface area contributed by atoms with E-state index in [4.69, 9.17) is 9.47 Å². The Kier molecular flexibility index (Phi) is 8.05. The Balaban J connectivity index is 1.71. The van der Waals surface area contributed by atoms with Crippen LogP contribution in [0.15, 0.2) is 48.6 Å². The van der Waals surface area contributed by atoms with Crippen molar-refractivity contribution >= 4 is 30.1 Å². The fourth-order valence-corrected chi connectivity index (χ4v) is 3.62. The highest BCUT2D eigenvalue weighted by atomic mass is 16.6. The van der Waals surface area contributed by atoms with Crippen LogP contribution in [0.4, 0.5) is 0 Å². The number of aliphatic hydroxyl groups excluding tert-OH is 1. The lowest BCUT2D eigenvalue weighted by molar-refractivity contribution is -0.203. The first kappa shape index (κ1) is 27.0. The number of benzene rings is 2. The quantitative estimate of drug-likeness (QED) is 0.156. The third kappa shape index (κ3) is 6.78. The van der Waals surface area contributed by atoms with Crippen LogP contribution in [0.2, 0.25) is 0 Å². The zero-order chi connectivity index (χ0) is 27.3. The number of carbonyl (C=O) groups is 3. The predicted octanol–water partition coefficient (Wildman–Crippen LogP) is 1.03. The van der Waals surface area contributed by atoms with Gasteiger partial charge in [0.1, 0.15) is 18.3 Å². The van der Waals surface area contributed by atoms with Gasteiger partial charge >= 0.3 is 17.9 Å². The molecule has 1 aliphatic rings. The first-order valence-electron chi connectivity index (χ1n) is 10.8. The first-order valence-corrected chi connectivity index (χ1v) is 10.8. The van der Waals surface area contributed by atoms with Crippen LogP contribution >= 0.6 is 0 Å². The molecule has 0 spiro atoms. The number of hydrogen-bond donors (Lipinski definition) is 7. The molecule has 2 aromatic rings. The molecule has 0 heterocycles. The minimum Gasteiger partial charge on any atom is -0.504 e. The van der Waals surface area contributed by atoms with Crippen LogP contribution in [0.3, 0.4) is 0 Å². The van der Waals surface area contributed by atoms with Crippen molar-refractivity contribution in [1.29, 1.82) is 0 Å². The van der Waals surface area contributed by atoms with Gasteiger partial charge < -0.3 is 45.2 Å². The summed E-state index contributed by atoms with van der Waals surface area (Å²) in [7, 11) is 0. The van der Waals surface area contributed by atoms with Crippen molar-refractivity contribution in [3.05, 3.63) is 59.7 Å². The second-order valence-electron chi connectivity index (χ2n) is 8.35. The molecule has 2 aromatic carbocycles. The summed E-state index contributed by atoms with van der Waals surface area (Å²) in [4.78, 5) is 36.2. The molecule has 1 aliphatic carbocycles. The van der Waals surface area contributed by atoms with Gasteiger partial charge in [0.25, 0.3) is 0 Å². The number of carboxylic acid groups (broad SMARTS) is 1. The third-order valence-electron chi connectivity index (χ3n) is 5.60. The molecule has 0 aromatic heterocycles. The summed E-state index contributed by atoms with van der Waals surface area (Å²) in [6.07, 6.45) is -1.86. The summed E-state index contributed by atoms with van der Waals surface area (Å²) in [5, 5.41) is 68.3. The summed E-state index contributed by atoms with van der Waals surface area (Å²) in [5.74, 6) is -5.31. The van der Waals surface area contributed by atoms with Crippen LogP contribution in [0.1, 0.15) is 24.0 Å². The molecule has 0 bridgehead atoms. The second-order valence-corrected chi connectivity index (χ2v) is 8.35. The van der Waals surface area contributed by atoms with Gasteiger partial charge in [-0.05, 0) is 47.5 Å². The topological polar surface area (TPSA) is 211 Å². The van der Waals surface area contributed by atoms with E-state index in [9.17, 15) is 50.1 Å². The van der Waals surface area contributed by atoms with Gasteiger partial charge in [0, 0.05) is 25.0 Å². The lowest BCUT2D eigenvalue weighted by Gasteiger charge is -2.40.